The maximum atomic E-state index is 11.6. The van der Waals surface area contributed by atoms with Gasteiger partial charge in [0.25, 0.3) is 0 Å². The Morgan fingerprint density at radius 2 is 2.00 bits per heavy atom. The Labute approximate surface area is 110 Å². The molecular formula is C15H24N2O. The lowest BCUT2D eigenvalue weighted by Gasteiger charge is -2.09. The van der Waals surface area contributed by atoms with Crippen molar-refractivity contribution in [2.24, 2.45) is 5.73 Å². The number of carbonyl (C=O) groups is 1. The van der Waals surface area contributed by atoms with Crippen LogP contribution in [0.1, 0.15) is 37.3 Å². The zero-order valence-corrected chi connectivity index (χ0v) is 11.4. The first-order valence-corrected chi connectivity index (χ1v) is 6.69. The quantitative estimate of drug-likeness (QED) is 0.777. The van der Waals surface area contributed by atoms with Gasteiger partial charge < -0.3 is 11.1 Å². The standard InChI is InChI=1S/C15H24N2O/c1-3-14(16)10-11-17-15(18)9-8-13-6-4-12(2)5-7-13/h4-7,14H,3,8-11,16H2,1-2H3,(H,17,18). The first-order valence-electron chi connectivity index (χ1n) is 6.69. The summed E-state index contributed by atoms with van der Waals surface area (Å²) in [6, 6.07) is 8.51. The van der Waals surface area contributed by atoms with Crippen LogP contribution in [0.2, 0.25) is 0 Å². The molecule has 0 bridgehead atoms. The molecule has 1 amide bonds. The van der Waals surface area contributed by atoms with Crippen LogP contribution in [-0.2, 0) is 11.2 Å². The molecule has 3 N–H and O–H groups in total. The number of nitrogens with one attached hydrogen (secondary N) is 1. The molecule has 3 heteroatoms. The third-order valence-electron chi connectivity index (χ3n) is 3.12. The number of rotatable bonds is 7. The minimum Gasteiger partial charge on any atom is -0.356 e. The van der Waals surface area contributed by atoms with Crippen LogP contribution in [0.3, 0.4) is 0 Å². The normalized spacial score (nSPS) is 12.2. The maximum absolute atomic E-state index is 11.6. The van der Waals surface area contributed by atoms with Crippen LogP contribution in [-0.4, -0.2) is 18.5 Å². The Hall–Kier alpha value is -1.35. The van der Waals surface area contributed by atoms with Gasteiger partial charge in [0.15, 0.2) is 0 Å². The molecule has 0 radical (unpaired) electrons. The molecule has 3 nitrogen and oxygen atoms in total. The molecule has 100 valence electrons. The zero-order chi connectivity index (χ0) is 13.4. The molecule has 1 aromatic carbocycles. The second kappa shape index (κ2) is 7.88. The minimum absolute atomic E-state index is 0.110. The molecular weight excluding hydrogens is 224 g/mol. The van der Waals surface area contributed by atoms with E-state index in [-0.39, 0.29) is 11.9 Å². The first-order chi connectivity index (χ1) is 8.61. The van der Waals surface area contributed by atoms with E-state index >= 15 is 0 Å². The number of aryl methyl sites for hydroxylation is 2. The molecule has 1 atom stereocenters. The molecule has 0 aliphatic carbocycles. The van der Waals surface area contributed by atoms with Crippen LogP contribution in [0.25, 0.3) is 0 Å². The molecule has 0 aliphatic heterocycles. The third kappa shape index (κ3) is 5.82. The van der Waals surface area contributed by atoms with Crippen LogP contribution < -0.4 is 11.1 Å². The Balaban J connectivity index is 2.19. The highest BCUT2D eigenvalue weighted by Gasteiger charge is 2.03. The average Bonchev–Trinajstić information content (AvgIpc) is 2.38. The van der Waals surface area contributed by atoms with Gasteiger partial charge in [0.2, 0.25) is 5.91 Å². The molecule has 0 heterocycles. The van der Waals surface area contributed by atoms with E-state index in [4.69, 9.17) is 5.73 Å². The van der Waals surface area contributed by atoms with Gasteiger partial charge in [-0.25, -0.2) is 0 Å². The number of carbonyl (C=O) groups excluding carboxylic acids is 1. The fourth-order valence-electron chi connectivity index (χ4n) is 1.70. The van der Waals surface area contributed by atoms with Gasteiger partial charge in [-0.2, -0.15) is 0 Å². The lowest BCUT2D eigenvalue weighted by atomic mass is 10.1. The minimum atomic E-state index is 0.110. The van der Waals surface area contributed by atoms with Crippen LogP contribution in [0.5, 0.6) is 0 Å². The number of benzene rings is 1. The van der Waals surface area contributed by atoms with Gasteiger partial charge in [0.1, 0.15) is 0 Å². The van der Waals surface area contributed by atoms with Crippen molar-refractivity contribution in [2.75, 3.05) is 6.54 Å². The molecule has 0 aromatic heterocycles. The number of amides is 1. The van der Waals surface area contributed by atoms with E-state index in [1.54, 1.807) is 0 Å². The fourth-order valence-corrected chi connectivity index (χ4v) is 1.70. The van der Waals surface area contributed by atoms with Crippen molar-refractivity contribution >= 4 is 5.91 Å². The van der Waals surface area contributed by atoms with Gasteiger partial charge >= 0.3 is 0 Å². The predicted octanol–water partition coefficient (Wildman–Crippen LogP) is 2.17. The third-order valence-corrected chi connectivity index (χ3v) is 3.12. The van der Waals surface area contributed by atoms with Crippen LogP contribution in [0.15, 0.2) is 24.3 Å². The Bertz CT molecular complexity index is 359. The van der Waals surface area contributed by atoms with Crippen molar-refractivity contribution in [1.29, 1.82) is 0 Å². The lowest BCUT2D eigenvalue weighted by Crippen LogP contribution is -2.30. The maximum Gasteiger partial charge on any atom is 0.220 e. The lowest BCUT2D eigenvalue weighted by molar-refractivity contribution is -0.121. The van der Waals surface area contributed by atoms with E-state index in [1.165, 1.54) is 11.1 Å². The van der Waals surface area contributed by atoms with Crippen LogP contribution in [0, 0.1) is 6.92 Å². The van der Waals surface area contributed by atoms with E-state index in [0.29, 0.717) is 13.0 Å². The monoisotopic (exact) mass is 248 g/mol. The van der Waals surface area contributed by atoms with Crippen molar-refractivity contribution in [3.63, 3.8) is 0 Å². The molecule has 18 heavy (non-hydrogen) atoms. The Kier molecular flexibility index (Phi) is 6.44. The highest BCUT2D eigenvalue weighted by atomic mass is 16.1. The predicted molar refractivity (Wildman–Crippen MR) is 75.4 cm³/mol. The largest absolute Gasteiger partial charge is 0.356 e. The average molecular weight is 248 g/mol. The SMILES string of the molecule is CCC(N)CCNC(=O)CCc1ccc(C)cc1. The van der Waals surface area contributed by atoms with Crippen molar-refractivity contribution in [3.05, 3.63) is 35.4 Å². The van der Waals surface area contributed by atoms with Crippen molar-refractivity contribution in [2.45, 2.75) is 45.6 Å². The smallest absolute Gasteiger partial charge is 0.220 e. The number of hydrogen-bond acceptors (Lipinski definition) is 2. The topological polar surface area (TPSA) is 55.1 Å². The van der Waals surface area contributed by atoms with Gasteiger partial charge in [0.05, 0.1) is 0 Å². The molecule has 0 spiro atoms. The molecule has 1 rings (SSSR count). The summed E-state index contributed by atoms with van der Waals surface area (Å²) >= 11 is 0. The van der Waals surface area contributed by atoms with Crippen molar-refractivity contribution in [3.8, 4) is 0 Å². The second-order valence-corrected chi connectivity index (χ2v) is 4.79. The molecule has 0 fully saturated rings. The van der Waals surface area contributed by atoms with E-state index in [9.17, 15) is 4.79 Å². The van der Waals surface area contributed by atoms with E-state index in [2.05, 4.69) is 43.4 Å². The molecule has 0 saturated heterocycles. The second-order valence-electron chi connectivity index (χ2n) is 4.79. The van der Waals surface area contributed by atoms with Gasteiger partial charge in [-0.1, -0.05) is 36.8 Å². The summed E-state index contributed by atoms with van der Waals surface area (Å²) in [6.45, 7) is 4.80. The summed E-state index contributed by atoms with van der Waals surface area (Å²) in [5.41, 5.74) is 8.24. The van der Waals surface area contributed by atoms with E-state index in [1.807, 2.05) is 0 Å². The summed E-state index contributed by atoms with van der Waals surface area (Å²) in [5.74, 6) is 0.110. The summed E-state index contributed by atoms with van der Waals surface area (Å²) in [5, 5.41) is 2.91. The summed E-state index contributed by atoms with van der Waals surface area (Å²) in [7, 11) is 0. The number of hydrogen-bond donors (Lipinski definition) is 2. The molecule has 0 aliphatic rings. The fraction of sp³-hybridized carbons (Fsp3) is 0.533. The van der Waals surface area contributed by atoms with Crippen LogP contribution >= 0.6 is 0 Å². The molecule has 1 unspecified atom stereocenters. The summed E-state index contributed by atoms with van der Waals surface area (Å²) < 4.78 is 0. The van der Waals surface area contributed by atoms with Gasteiger partial charge in [-0.3, -0.25) is 4.79 Å². The molecule has 1 aromatic rings. The highest BCUT2D eigenvalue weighted by molar-refractivity contribution is 5.76. The summed E-state index contributed by atoms with van der Waals surface area (Å²) in [6.07, 6.45) is 3.16. The zero-order valence-electron chi connectivity index (χ0n) is 11.4. The van der Waals surface area contributed by atoms with Crippen molar-refractivity contribution < 1.29 is 4.79 Å². The van der Waals surface area contributed by atoms with Gasteiger partial charge in [-0.05, 0) is 31.7 Å². The highest BCUT2D eigenvalue weighted by Crippen LogP contribution is 2.05. The summed E-state index contributed by atoms with van der Waals surface area (Å²) in [4.78, 5) is 11.6. The van der Waals surface area contributed by atoms with E-state index in [0.717, 1.165) is 19.3 Å². The Morgan fingerprint density at radius 3 is 2.61 bits per heavy atom. The van der Waals surface area contributed by atoms with Crippen molar-refractivity contribution in [1.82, 2.24) is 5.32 Å². The first kappa shape index (κ1) is 14.7. The number of nitrogens with two attached hydrogens (primary N) is 1. The van der Waals surface area contributed by atoms with Gasteiger partial charge in [-0.15, -0.1) is 0 Å². The molecule has 0 saturated carbocycles. The van der Waals surface area contributed by atoms with E-state index < -0.39 is 0 Å². The van der Waals surface area contributed by atoms with Crippen LogP contribution in [0.4, 0.5) is 0 Å². The Morgan fingerprint density at radius 1 is 1.33 bits per heavy atom. The van der Waals surface area contributed by atoms with Gasteiger partial charge in [0, 0.05) is 19.0 Å².